The molecule has 166 valence electrons. The number of carbonyl (C=O) groups is 1. The third-order valence-electron chi connectivity index (χ3n) is 5.64. The summed E-state index contributed by atoms with van der Waals surface area (Å²) in [4.78, 5) is 12.7. The van der Waals surface area contributed by atoms with E-state index in [2.05, 4.69) is 10.5 Å². The van der Waals surface area contributed by atoms with E-state index in [0.29, 0.717) is 21.7 Å². The van der Waals surface area contributed by atoms with Gasteiger partial charge in [-0.3, -0.25) is 9.10 Å². The molecule has 0 aromatic heterocycles. The maximum absolute atomic E-state index is 13.1. The molecule has 1 amide bonds. The van der Waals surface area contributed by atoms with E-state index in [-0.39, 0.29) is 12.5 Å². The van der Waals surface area contributed by atoms with E-state index >= 15 is 0 Å². The van der Waals surface area contributed by atoms with E-state index in [1.807, 2.05) is 30.3 Å². The maximum atomic E-state index is 13.1. The molecule has 8 heteroatoms. The van der Waals surface area contributed by atoms with Gasteiger partial charge in [0.2, 0.25) is 0 Å². The van der Waals surface area contributed by atoms with Gasteiger partial charge in [-0.25, -0.2) is 13.8 Å². The predicted octanol–water partition coefficient (Wildman–Crippen LogP) is 4.18. The van der Waals surface area contributed by atoms with Crippen LogP contribution in [-0.4, -0.2) is 20.5 Å². The Kier molecular flexibility index (Phi) is 5.32. The minimum absolute atomic E-state index is 0.162. The zero-order valence-electron chi connectivity index (χ0n) is 17.8. The van der Waals surface area contributed by atoms with Crippen molar-refractivity contribution in [3.63, 3.8) is 0 Å². The normalized spacial score (nSPS) is 13.8. The van der Waals surface area contributed by atoms with Gasteiger partial charge in [0, 0.05) is 10.9 Å². The largest absolute Gasteiger partial charge is 0.271 e. The molecule has 0 bridgehead atoms. The fourth-order valence-corrected chi connectivity index (χ4v) is 5.63. The second kappa shape index (κ2) is 8.46. The number of nitrogens with zero attached hydrogens (tertiary/aromatic N) is 3. The number of sulfonamides is 1. The smallest absolute Gasteiger partial charge is 0.267 e. The van der Waals surface area contributed by atoms with Gasteiger partial charge in [0.1, 0.15) is 0 Å². The summed E-state index contributed by atoms with van der Waals surface area (Å²) in [5, 5.41) is 14.4. The summed E-state index contributed by atoms with van der Waals surface area (Å²) < 4.78 is 27.7. The molecular formula is C26H18N4O3S. The fourth-order valence-electron chi connectivity index (χ4n) is 3.93. The first-order chi connectivity index (χ1) is 16.5. The SMILES string of the molecule is N#Cc1ccc(/C=N/NC(=O)c2ccc(CN3c4cccc5cccc(c45)S3(=O)=O)cc2)cc1. The Balaban J connectivity index is 1.29. The lowest BCUT2D eigenvalue weighted by Gasteiger charge is -2.19. The van der Waals surface area contributed by atoms with E-state index < -0.39 is 10.0 Å². The summed E-state index contributed by atoms with van der Waals surface area (Å²) in [5.74, 6) is -0.387. The van der Waals surface area contributed by atoms with Crippen LogP contribution >= 0.6 is 0 Å². The summed E-state index contributed by atoms with van der Waals surface area (Å²) in [6, 6.07) is 26.4. The Morgan fingerprint density at radius 3 is 2.38 bits per heavy atom. The molecule has 0 spiro atoms. The summed E-state index contributed by atoms with van der Waals surface area (Å²) in [7, 11) is -3.65. The van der Waals surface area contributed by atoms with E-state index in [1.165, 1.54) is 10.5 Å². The van der Waals surface area contributed by atoms with Crippen molar-refractivity contribution in [2.45, 2.75) is 11.4 Å². The summed E-state index contributed by atoms with van der Waals surface area (Å²) in [6.07, 6.45) is 1.49. The first-order valence-corrected chi connectivity index (χ1v) is 11.9. The number of hydrogen-bond donors (Lipinski definition) is 1. The molecule has 1 aliphatic heterocycles. The van der Waals surface area contributed by atoms with Crippen LogP contribution in [0.25, 0.3) is 10.8 Å². The van der Waals surface area contributed by atoms with Crippen LogP contribution in [0.4, 0.5) is 5.69 Å². The number of hydrogen-bond acceptors (Lipinski definition) is 5. The second-order valence-electron chi connectivity index (χ2n) is 7.77. The lowest BCUT2D eigenvalue weighted by Crippen LogP contribution is -2.26. The predicted molar refractivity (Wildman–Crippen MR) is 130 cm³/mol. The van der Waals surface area contributed by atoms with Gasteiger partial charge in [0.15, 0.2) is 0 Å². The molecular weight excluding hydrogens is 448 g/mol. The van der Waals surface area contributed by atoms with E-state index in [1.54, 1.807) is 60.7 Å². The van der Waals surface area contributed by atoms with Crippen molar-refractivity contribution >= 4 is 38.6 Å². The molecule has 1 heterocycles. The lowest BCUT2D eigenvalue weighted by atomic mass is 10.1. The van der Waals surface area contributed by atoms with Gasteiger partial charge >= 0.3 is 0 Å². The summed E-state index contributed by atoms with van der Waals surface area (Å²) >= 11 is 0. The highest BCUT2D eigenvalue weighted by molar-refractivity contribution is 7.93. The average molecular weight is 467 g/mol. The van der Waals surface area contributed by atoms with Crippen LogP contribution in [0.5, 0.6) is 0 Å². The number of amides is 1. The number of benzene rings is 4. The zero-order chi connectivity index (χ0) is 23.7. The number of nitriles is 1. The average Bonchev–Trinajstić information content (AvgIpc) is 3.08. The van der Waals surface area contributed by atoms with Crippen LogP contribution in [0, 0.1) is 11.3 Å². The molecule has 0 radical (unpaired) electrons. The molecule has 0 aliphatic carbocycles. The first kappa shape index (κ1) is 21.4. The van der Waals surface area contributed by atoms with Crippen LogP contribution in [0.2, 0.25) is 0 Å². The first-order valence-electron chi connectivity index (χ1n) is 10.4. The molecule has 1 N–H and O–H groups in total. The molecule has 4 aromatic rings. The number of carbonyl (C=O) groups excluding carboxylic acids is 1. The van der Waals surface area contributed by atoms with Gasteiger partial charge in [-0.1, -0.05) is 48.5 Å². The quantitative estimate of drug-likeness (QED) is 0.352. The van der Waals surface area contributed by atoms with Gasteiger partial charge in [-0.2, -0.15) is 10.4 Å². The van der Waals surface area contributed by atoms with Crippen LogP contribution in [0.15, 0.2) is 94.9 Å². The van der Waals surface area contributed by atoms with Crippen LogP contribution in [-0.2, 0) is 16.6 Å². The summed E-state index contributed by atoms with van der Waals surface area (Å²) in [5.41, 5.74) is 5.57. The topological polar surface area (TPSA) is 103 Å². The molecule has 5 rings (SSSR count). The van der Waals surface area contributed by atoms with Crippen LogP contribution in [0.3, 0.4) is 0 Å². The highest BCUT2D eigenvalue weighted by atomic mass is 32.2. The van der Waals surface area contributed by atoms with Gasteiger partial charge in [-0.05, 0) is 52.9 Å². The monoisotopic (exact) mass is 466 g/mol. The second-order valence-corrected chi connectivity index (χ2v) is 9.60. The van der Waals surface area contributed by atoms with Crippen molar-refractivity contribution in [1.82, 2.24) is 5.43 Å². The van der Waals surface area contributed by atoms with Gasteiger partial charge < -0.3 is 0 Å². The number of hydrazone groups is 1. The lowest BCUT2D eigenvalue weighted by molar-refractivity contribution is 0.0955. The van der Waals surface area contributed by atoms with Crippen LogP contribution < -0.4 is 9.73 Å². The van der Waals surface area contributed by atoms with E-state index in [9.17, 15) is 13.2 Å². The molecule has 0 fully saturated rings. The molecule has 0 unspecified atom stereocenters. The molecule has 34 heavy (non-hydrogen) atoms. The Hall–Kier alpha value is -4.48. The Labute approximate surface area is 196 Å². The van der Waals surface area contributed by atoms with E-state index in [4.69, 9.17) is 5.26 Å². The third kappa shape index (κ3) is 3.78. The molecule has 0 saturated carbocycles. The van der Waals surface area contributed by atoms with Crippen molar-refractivity contribution in [1.29, 1.82) is 5.26 Å². The molecule has 7 nitrogen and oxygen atoms in total. The van der Waals surface area contributed by atoms with Gasteiger partial charge in [0.25, 0.3) is 15.9 Å². The highest BCUT2D eigenvalue weighted by Gasteiger charge is 2.35. The highest BCUT2D eigenvalue weighted by Crippen LogP contribution is 2.42. The number of nitrogens with one attached hydrogen (secondary N) is 1. The van der Waals surface area contributed by atoms with Gasteiger partial charge in [0.05, 0.1) is 35.0 Å². The van der Waals surface area contributed by atoms with E-state index in [0.717, 1.165) is 21.9 Å². The zero-order valence-corrected chi connectivity index (χ0v) is 18.7. The fraction of sp³-hybridized carbons (Fsp3) is 0.0385. The Morgan fingerprint density at radius 2 is 1.68 bits per heavy atom. The van der Waals surface area contributed by atoms with Crippen molar-refractivity contribution in [3.05, 3.63) is 107 Å². The standard InChI is InChI=1S/C26H18N4O3S/c27-15-18-7-9-19(10-8-18)16-28-29-26(31)22-13-11-20(12-14-22)17-30-23-5-1-3-21-4-2-6-24(25(21)23)34(30,32)33/h1-14,16H,17H2,(H,29,31)/b28-16+. The number of rotatable bonds is 5. The number of anilines is 1. The Morgan fingerprint density at radius 1 is 0.971 bits per heavy atom. The van der Waals surface area contributed by atoms with Crippen molar-refractivity contribution < 1.29 is 13.2 Å². The molecule has 0 saturated heterocycles. The molecule has 1 aliphatic rings. The summed E-state index contributed by atoms with van der Waals surface area (Å²) in [6.45, 7) is 0.162. The maximum Gasteiger partial charge on any atom is 0.271 e. The van der Waals surface area contributed by atoms with Crippen molar-refractivity contribution in [3.8, 4) is 6.07 Å². The molecule has 0 atom stereocenters. The minimum atomic E-state index is -3.65. The van der Waals surface area contributed by atoms with Crippen molar-refractivity contribution in [2.75, 3.05) is 4.31 Å². The minimum Gasteiger partial charge on any atom is -0.267 e. The molecule has 4 aromatic carbocycles. The van der Waals surface area contributed by atoms with Crippen LogP contribution in [0.1, 0.15) is 27.0 Å². The Bertz CT molecular complexity index is 1580. The van der Waals surface area contributed by atoms with Crippen molar-refractivity contribution in [2.24, 2.45) is 5.10 Å². The third-order valence-corrected chi connectivity index (χ3v) is 7.45. The van der Waals surface area contributed by atoms with Gasteiger partial charge in [-0.15, -0.1) is 0 Å².